The minimum absolute atomic E-state index is 0.153. The van der Waals surface area contributed by atoms with Crippen molar-refractivity contribution in [3.63, 3.8) is 0 Å². The molecule has 0 bridgehead atoms. The number of aromatic nitrogens is 2. The molecule has 0 atom stereocenters. The lowest BCUT2D eigenvalue weighted by Crippen LogP contribution is -2.11. The van der Waals surface area contributed by atoms with Gasteiger partial charge < -0.3 is 0 Å². The molecule has 74 valence electrons. The molecule has 0 saturated heterocycles. The Labute approximate surface area is 85.5 Å². The van der Waals surface area contributed by atoms with Crippen LogP contribution in [0.4, 0.5) is 13.2 Å². The van der Waals surface area contributed by atoms with Crippen molar-refractivity contribution in [2.45, 2.75) is 6.18 Å². The fraction of sp³-hybridized carbons (Fsp3) is 0.125. The molecule has 0 amide bonds. The van der Waals surface area contributed by atoms with E-state index >= 15 is 0 Å². The highest BCUT2D eigenvalue weighted by molar-refractivity contribution is 9.10. The Balaban J connectivity index is 2.82. The van der Waals surface area contributed by atoms with E-state index in [1.165, 1.54) is 12.3 Å². The first-order valence-electron chi connectivity index (χ1n) is 3.69. The minimum Gasteiger partial charge on any atom is -0.283 e. The van der Waals surface area contributed by atoms with Crippen LogP contribution in [0.1, 0.15) is 5.69 Å². The van der Waals surface area contributed by atoms with E-state index in [0.717, 1.165) is 10.5 Å². The van der Waals surface area contributed by atoms with E-state index in [0.29, 0.717) is 5.52 Å². The summed E-state index contributed by atoms with van der Waals surface area (Å²) in [4.78, 5) is 3.75. The molecule has 2 nitrogen and oxygen atoms in total. The Morgan fingerprint density at radius 1 is 1.29 bits per heavy atom. The van der Waals surface area contributed by atoms with Gasteiger partial charge in [-0.15, -0.1) is 0 Å². The second kappa shape index (κ2) is 2.98. The SMILES string of the molecule is FC(F)(F)c1cccc2cnc(Br)n12. The van der Waals surface area contributed by atoms with Crippen LogP contribution in [0.5, 0.6) is 0 Å². The lowest BCUT2D eigenvalue weighted by atomic mass is 10.3. The first kappa shape index (κ1) is 9.51. The Morgan fingerprint density at radius 2 is 2.00 bits per heavy atom. The molecule has 2 rings (SSSR count). The molecule has 0 fully saturated rings. The van der Waals surface area contributed by atoms with Crippen molar-refractivity contribution >= 4 is 21.4 Å². The van der Waals surface area contributed by atoms with E-state index in [9.17, 15) is 13.2 Å². The number of alkyl halides is 3. The van der Waals surface area contributed by atoms with Gasteiger partial charge in [-0.05, 0) is 28.1 Å². The topological polar surface area (TPSA) is 17.3 Å². The van der Waals surface area contributed by atoms with Crippen LogP contribution in [0.15, 0.2) is 29.1 Å². The fourth-order valence-electron chi connectivity index (χ4n) is 1.23. The van der Waals surface area contributed by atoms with E-state index in [-0.39, 0.29) is 4.73 Å². The van der Waals surface area contributed by atoms with E-state index in [1.54, 1.807) is 6.07 Å². The number of pyridine rings is 1. The first-order valence-corrected chi connectivity index (χ1v) is 4.48. The van der Waals surface area contributed by atoms with Gasteiger partial charge in [-0.2, -0.15) is 13.2 Å². The molecule has 0 N–H and O–H groups in total. The molecule has 0 aromatic carbocycles. The van der Waals surface area contributed by atoms with Crippen molar-refractivity contribution in [2.24, 2.45) is 0 Å². The van der Waals surface area contributed by atoms with Gasteiger partial charge in [0.05, 0.1) is 11.7 Å². The number of fused-ring (bicyclic) bond motifs is 1. The highest BCUT2D eigenvalue weighted by Crippen LogP contribution is 2.31. The van der Waals surface area contributed by atoms with Crippen LogP contribution in [-0.4, -0.2) is 9.38 Å². The Bertz CT molecular complexity index is 475. The number of rotatable bonds is 0. The lowest BCUT2D eigenvalue weighted by Gasteiger charge is -2.09. The van der Waals surface area contributed by atoms with Crippen LogP contribution in [-0.2, 0) is 6.18 Å². The van der Waals surface area contributed by atoms with Gasteiger partial charge in [0.1, 0.15) is 5.69 Å². The van der Waals surface area contributed by atoms with Crippen molar-refractivity contribution in [1.82, 2.24) is 9.38 Å². The minimum atomic E-state index is -4.37. The van der Waals surface area contributed by atoms with Crippen LogP contribution in [0.2, 0.25) is 0 Å². The highest BCUT2D eigenvalue weighted by atomic mass is 79.9. The maximum atomic E-state index is 12.5. The van der Waals surface area contributed by atoms with Crippen LogP contribution in [0.25, 0.3) is 5.52 Å². The summed E-state index contributed by atoms with van der Waals surface area (Å²) in [5, 5.41) is 0. The predicted octanol–water partition coefficient (Wildman–Crippen LogP) is 3.12. The summed E-state index contributed by atoms with van der Waals surface area (Å²) < 4.78 is 38.7. The van der Waals surface area contributed by atoms with Gasteiger partial charge in [0.2, 0.25) is 0 Å². The van der Waals surface area contributed by atoms with Gasteiger partial charge in [-0.1, -0.05) is 6.07 Å². The maximum absolute atomic E-state index is 12.5. The molecule has 0 unspecified atom stereocenters. The summed E-state index contributed by atoms with van der Waals surface area (Å²) in [7, 11) is 0. The maximum Gasteiger partial charge on any atom is 0.431 e. The predicted molar refractivity (Wildman–Crippen MR) is 47.9 cm³/mol. The van der Waals surface area contributed by atoms with E-state index in [4.69, 9.17) is 0 Å². The van der Waals surface area contributed by atoms with Crippen LogP contribution >= 0.6 is 15.9 Å². The number of hydrogen-bond donors (Lipinski definition) is 0. The van der Waals surface area contributed by atoms with Gasteiger partial charge in [0.25, 0.3) is 0 Å². The zero-order valence-electron chi connectivity index (χ0n) is 6.72. The average molecular weight is 265 g/mol. The molecule has 0 radical (unpaired) electrons. The van der Waals surface area contributed by atoms with E-state index < -0.39 is 11.9 Å². The van der Waals surface area contributed by atoms with E-state index in [1.807, 2.05) is 0 Å². The largest absolute Gasteiger partial charge is 0.431 e. The smallest absolute Gasteiger partial charge is 0.283 e. The average Bonchev–Trinajstić information content (AvgIpc) is 2.46. The number of hydrogen-bond acceptors (Lipinski definition) is 1. The van der Waals surface area contributed by atoms with Crippen LogP contribution < -0.4 is 0 Å². The van der Waals surface area contributed by atoms with E-state index in [2.05, 4.69) is 20.9 Å². The molecule has 0 aliphatic heterocycles. The number of halogens is 4. The molecule has 2 heterocycles. The quantitative estimate of drug-likeness (QED) is 0.715. The van der Waals surface area contributed by atoms with Gasteiger partial charge in [-0.25, -0.2) is 4.98 Å². The molecule has 0 aliphatic carbocycles. The number of nitrogens with zero attached hydrogens (tertiary/aromatic N) is 2. The molecule has 6 heteroatoms. The Morgan fingerprint density at radius 3 is 2.64 bits per heavy atom. The van der Waals surface area contributed by atoms with Crippen LogP contribution in [0, 0.1) is 0 Å². The van der Waals surface area contributed by atoms with Crippen molar-refractivity contribution in [3.8, 4) is 0 Å². The third-order valence-electron chi connectivity index (χ3n) is 1.80. The lowest BCUT2D eigenvalue weighted by molar-refractivity contribution is -0.142. The molecule has 0 aliphatic rings. The molecular formula is C8H4BrF3N2. The second-order valence-corrected chi connectivity index (χ2v) is 3.41. The first-order chi connectivity index (χ1) is 6.50. The summed E-state index contributed by atoms with van der Waals surface area (Å²) in [6.07, 6.45) is -3.00. The summed E-state index contributed by atoms with van der Waals surface area (Å²) in [6, 6.07) is 3.93. The third kappa shape index (κ3) is 1.39. The molecular weight excluding hydrogens is 261 g/mol. The van der Waals surface area contributed by atoms with Crippen molar-refractivity contribution in [2.75, 3.05) is 0 Å². The van der Waals surface area contributed by atoms with Crippen LogP contribution in [0.3, 0.4) is 0 Å². The fourth-order valence-corrected chi connectivity index (χ4v) is 1.73. The summed E-state index contributed by atoms with van der Waals surface area (Å²) in [5.74, 6) is 0. The Kier molecular flexibility index (Phi) is 2.02. The van der Waals surface area contributed by atoms with Crippen molar-refractivity contribution < 1.29 is 13.2 Å². The molecule has 0 saturated carbocycles. The zero-order valence-corrected chi connectivity index (χ0v) is 8.30. The molecule has 0 spiro atoms. The molecule has 2 aromatic rings. The van der Waals surface area contributed by atoms with Gasteiger partial charge in [0.15, 0.2) is 4.73 Å². The van der Waals surface area contributed by atoms with Gasteiger partial charge in [-0.3, -0.25) is 4.40 Å². The standard InChI is InChI=1S/C8H4BrF3N2/c9-7-13-4-5-2-1-3-6(14(5)7)8(10,11)12/h1-4H. The summed E-state index contributed by atoms with van der Waals surface area (Å²) in [6.45, 7) is 0. The van der Waals surface area contributed by atoms with Crippen molar-refractivity contribution in [1.29, 1.82) is 0 Å². The van der Waals surface area contributed by atoms with Crippen molar-refractivity contribution in [3.05, 3.63) is 34.8 Å². The zero-order chi connectivity index (χ0) is 10.3. The molecule has 14 heavy (non-hydrogen) atoms. The third-order valence-corrected chi connectivity index (χ3v) is 2.36. The van der Waals surface area contributed by atoms with Gasteiger partial charge >= 0.3 is 6.18 Å². The summed E-state index contributed by atoms with van der Waals surface area (Å²) >= 11 is 2.96. The highest BCUT2D eigenvalue weighted by Gasteiger charge is 2.33. The monoisotopic (exact) mass is 264 g/mol. The summed E-state index contributed by atoms with van der Waals surface area (Å²) in [5.41, 5.74) is -0.328. The second-order valence-electron chi connectivity index (χ2n) is 2.70. The van der Waals surface area contributed by atoms with Gasteiger partial charge in [0, 0.05) is 0 Å². The Hall–Kier alpha value is -1.04. The molecule has 2 aromatic heterocycles. The number of imidazole rings is 1. The normalized spacial score (nSPS) is 12.3.